The van der Waals surface area contributed by atoms with Crippen molar-refractivity contribution in [2.45, 2.75) is 25.0 Å². The Morgan fingerprint density at radius 1 is 1.29 bits per heavy atom. The third-order valence-corrected chi connectivity index (χ3v) is 4.27. The molecule has 0 unspecified atom stereocenters. The Labute approximate surface area is 142 Å². The Kier molecular flexibility index (Phi) is 5.33. The highest BCUT2D eigenvalue weighted by Gasteiger charge is 2.37. The SMILES string of the molecule is C=CCO[C@@H]1CCN(C(=O)c2ccncc2)[C@H]1Cc1cccnc1. The van der Waals surface area contributed by atoms with Gasteiger partial charge in [0, 0.05) is 36.9 Å². The van der Waals surface area contributed by atoms with Crippen molar-refractivity contribution in [3.8, 4) is 0 Å². The van der Waals surface area contributed by atoms with Crippen molar-refractivity contribution in [3.05, 3.63) is 72.8 Å². The van der Waals surface area contributed by atoms with Crippen LogP contribution in [0.1, 0.15) is 22.3 Å². The van der Waals surface area contributed by atoms with Gasteiger partial charge in [-0.3, -0.25) is 14.8 Å². The van der Waals surface area contributed by atoms with Gasteiger partial charge in [0.05, 0.1) is 18.8 Å². The lowest BCUT2D eigenvalue weighted by molar-refractivity contribution is 0.0379. The van der Waals surface area contributed by atoms with E-state index in [-0.39, 0.29) is 18.1 Å². The summed E-state index contributed by atoms with van der Waals surface area (Å²) in [6.45, 7) is 4.89. The molecule has 2 aromatic rings. The van der Waals surface area contributed by atoms with E-state index in [0.29, 0.717) is 18.7 Å². The van der Waals surface area contributed by atoms with E-state index in [1.54, 1.807) is 36.8 Å². The molecule has 0 aliphatic carbocycles. The summed E-state index contributed by atoms with van der Waals surface area (Å²) < 4.78 is 5.91. The van der Waals surface area contributed by atoms with Gasteiger partial charge < -0.3 is 9.64 Å². The molecule has 1 aliphatic heterocycles. The molecule has 5 nitrogen and oxygen atoms in total. The number of nitrogens with zero attached hydrogens (tertiary/aromatic N) is 3. The quantitative estimate of drug-likeness (QED) is 0.767. The number of carbonyl (C=O) groups excluding carboxylic acids is 1. The van der Waals surface area contributed by atoms with Gasteiger partial charge in [-0.15, -0.1) is 6.58 Å². The number of hydrogen-bond acceptors (Lipinski definition) is 4. The lowest BCUT2D eigenvalue weighted by Crippen LogP contribution is -2.42. The Morgan fingerprint density at radius 3 is 2.83 bits per heavy atom. The largest absolute Gasteiger partial charge is 0.372 e. The van der Waals surface area contributed by atoms with Gasteiger partial charge in [-0.1, -0.05) is 12.1 Å². The number of likely N-dealkylation sites (tertiary alicyclic amines) is 1. The number of amides is 1. The summed E-state index contributed by atoms with van der Waals surface area (Å²) in [6.07, 6.45) is 10.2. The Hall–Kier alpha value is -2.53. The topological polar surface area (TPSA) is 55.3 Å². The van der Waals surface area contributed by atoms with Gasteiger partial charge in [0.25, 0.3) is 5.91 Å². The first-order valence-electron chi connectivity index (χ1n) is 8.12. The van der Waals surface area contributed by atoms with Crippen LogP contribution in [0, 0.1) is 0 Å². The van der Waals surface area contributed by atoms with Gasteiger partial charge in [0.15, 0.2) is 0 Å². The Morgan fingerprint density at radius 2 is 2.12 bits per heavy atom. The van der Waals surface area contributed by atoms with Crippen LogP contribution in [-0.4, -0.2) is 46.1 Å². The van der Waals surface area contributed by atoms with Crippen LogP contribution >= 0.6 is 0 Å². The fraction of sp³-hybridized carbons (Fsp3) is 0.316. The standard InChI is InChI=1S/C19H21N3O2/c1-2-12-24-18-7-11-22(19(23)16-5-9-20-10-6-16)17(18)13-15-4-3-8-21-14-15/h2-6,8-10,14,17-18H,1,7,11-13H2/t17-,18+/m0/s1. The zero-order valence-corrected chi connectivity index (χ0v) is 13.5. The molecule has 1 aliphatic rings. The molecule has 1 fully saturated rings. The van der Waals surface area contributed by atoms with Crippen molar-refractivity contribution in [3.63, 3.8) is 0 Å². The highest BCUT2D eigenvalue weighted by Crippen LogP contribution is 2.26. The molecule has 0 radical (unpaired) electrons. The normalized spacial score (nSPS) is 20.1. The predicted molar refractivity (Wildman–Crippen MR) is 91.6 cm³/mol. The number of carbonyl (C=O) groups is 1. The summed E-state index contributed by atoms with van der Waals surface area (Å²) in [5, 5.41) is 0. The van der Waals surface area contributed by atoms with E-state index in [1.165, 1.54) is 0 Å². The molecule has 0 N–H and O–H groups in total. The smallest absolute Gasteiger partial charge is 0.254 e. The minimum absolute atomic E-state index is 0.00480. The van der Waals surface area contributed by atoms with Crippen LogP contribution in [0.15, 0.2) is 61.7 Å². The van der Waals surface area contributed by atoms with Gasteiger partial charge in [-0.25, -0.2) is 0 Å². The second-order valence-corrected chi connectivity index (χ2v) is 5.82. The number of rotatable bonds is 6. The maximum atomic E-state index is 12.9. The van der Waals surface area contributed by atoms with E-state index in [1.807, 2.05) is 23.2 Å². The minimum atomic E-state index is -0.00480. The molecule has 0 bridgehead atoms. The molecule has 2 atom stereocenters. The molecule has 5 heteroatoms. The van der Waals surface area contributed by atoms with Crippen molar-refractivity contribution in [1.29, 1.82) is 0 Å². The second kappa shape index (κ2) is 7.84. The van der Waals surface area contributed by atoms with Gasteiger partial charge in [0.2, 0.25) is 0 Å². The Balaban J connectivity index is 1.81. The van der Waals surface area contributed by atoms with Crippen LogP contribution in [0.2, 0.25) is 0 Å². The molecule has 0 spiro atoms. The van der Waals surface area contributed by atoms with Crippen molar-refractivity contribution < 1.29 is 9.53 Å². The Bertz CT molecular complexity index is 676. The molecule has 124 valence electrons. The van der Waals surface area contributed by atoms with Crippen LogP contribution in [0.5, 0.6) is 0 Å². The minimum Gasteiger partial charge on any atom is -0.372 e. The van der Waals surface area contributed by atoms with Crippen molar-refractivity contribution >= 4 is 5.91 Å². The molecule has 0 saturated carbocycles. The lowest BCUT2D eigenvalue weighted by atomic mass is 10.0. The van der Waals surface area contributed by atoms with E-state index in [0.717, 1.165) is 18.4 Å². The monoisotopic (exact) mass is 323 g/mol. The molecule has 0 aromatic carbocycles. The molecule has 24 heavy (non-hydrogen) atoms. The lowest BCUT2D eigenvalue weighted by Gasteiger charge is -2.28. The second-order valence-electron chi connectivity index (χ2n) is 5.82. The number of aromatic nitrogens is 2. The predicted octanol–water partition coefficient (Wildman–Crippen LogP) is 2.51. The highest BCUT2D eigenvalue weighted by atomic mass is 16.5. The first kappa shape index (κ1) is 16.3. The molecule has 3 heterocycles. The first-order chi connectivity index (χ1) is 11.8. The average Bonchev–Trinajstić information content (AvgIpc) is 3.03. The maximum Gasteiger partial charge on any atom is 0.254 e. The average molecular weight is 323 g/mol. The summed E-state index contributed by atoms with van der Waals surface area (Å²) >= 11 is 0. The summed E-state index contributed by atoms with van der Waals surface area (Å²) in [5.41, 5.74) is 1.76. The van der Waals surface area contributed by atoms with E-state index in [4.69, 9.17) is 4.74 Å². The van der Waals surface area contributed by atoms with E-state index < -0.39 is 0 Å². The number of hydrogen-bond donors (Lipinski definition) is 0. The van der Waals surface area contributed by atoms with Gasteiger partial charge in [-0.05, 0) is 36.6 Å². The van der Waals surface area contributed by atoms with Gasteiger partial charge in [-0.2, -0.15) is 0 Å². The maximum absolute atomic E-state index is 12.9. The molecule has 3 rings (SSSR count). The molecule has 2 aromatic heterocycles. The molecule has 1 saturated heterocycles. The van der Waals surface area contributed by atoms with Crippen molar-refractivity contribution in [2.24, 2.45) is 0 Å². The summed E-state index contributed by atoms with van der Waals surface area (Å²) in [6, 6.07) is 7.45. The fourth-order valence-corrected chi connectivity index (χ4v) is 3.13. The van der Waals surface area contributed by atoms with Crippen molar-refractivity contribution in [2.75, 3.05) is 13.2 Å². The molecular weight excluding hydrogens is 302 g/mol. The summed E-state index contributed by atoms with van der Waals surface area (Å²) in [5.74, 6) is 0.0241. The molecule has 1 amide bonds. The van der Waals surface area contributed by atoms with E-state index >= 15 is 0 Å². The highest BCUT2D eigenvalue weighted by molar-refractivity contribution is 5.94. The van der Waals surface area contributed by atoms with E-state index in [9.17, 15) is 4.79 Å². The third kappa shape index (κ3) is 3.68. The van der Waals surface area contributed by atoms with Crippen molar-refractivity contribution in [1.82, 2.24) is 14.9 Å². The zero-order chi connectivity index (χ0) is 16.8. The first-order valence-corrected chi connectivity index (χ1v) is 8.12. The molecular formula is C19H21N3O2. The van der Waals surface area contributed by atoms with Crippen LogP contribution in [0.25, 0.3) is 0 Å². The third-order valence-electron chi connectivity index (χ3n) is 4.27. The van der Waals surface area contributed by atoms with Gasteiger partial charge in [0.1, 0.15) is 0 Å². The van der Waals surface area contributed by atoms with Crippen LogP contribution in [0.4, 0.5) is 0 Å². The number of pyridine rings is 2. The zero-order valence-electron chi connectivity index (χ0n) is 13.5. The summed E-state index contributed by atoms with van der Waals surface area (Å²) in [4.78, 5) is 22.9. The van der Waals surface area contributed by atoms with Crippen LogP contribution < -0.4 is 0 Å². The number of ether oxygens (including phenoxy) is 1. The van der Waals surface area contributed by atoms with Crippen LogP contribution in [-0.2, 0) is 11.2 Å². The summed E-state index contributed by atoms with van der Waals surface area (Å²) in [7, 11) is 0. The fourth-order valence-electron chi connectivity index (χ4n) is 3.13. The van der Waals surface area contributed by atoms with E-state index in [2.05, 4.69) is 16.5 Å². The van der Waals surface area contributed by atoms with Gasteiger partial charge >= 0.3 is 0 Å². The van der Waals surface area contributed by atoms with Crippen LogP contribution in [0.3, 0.4) is 0 Å².